The van der Waals surface area contributed by atoms with Crippen molar-refractivity contribution in [1.82, 2.24) is 4.57 Å². The molecular weight excluding hydrogens is 184 g/mol. The molecule has 2 aromatic rings. The molecule has 1 aromatic heterocycles. The van der Waals surface area contributed by atoms with Gasteiger partial charge < -0.3 is 10.3 Å². The lowest BCUT2D eigenvalue weighted by atomic mass is 10.1. The monoisotopic (exact) mass is 202 g/mol. The van der Waals surface area contributed by atoms with Gasteiger partial charge in [0.25, 0.3) is 0 Å². The second kappa shape index (κ2) is 4.49. The van der Waals surface area contributed by atoms with Crippen molar-refractivity contribution in [2.45, 2.75) is 25.8 Å². The van der Waals surface area contributed by atoms with Gasteiger partial charge in [-0.15, -0.1) is 0 Å². The average Bonchev–Trinajstić information content (AvgIpc) is 2.70. The van der Waals surface area contributed by atoms with Gasteiger partial charge in [-0.05, 0) is 36.9 Å². The van der Waals surface area contributed by atoms with Crippen LogP contribution in [0.5, 0.6) is 0 Å². The summed E-state index contributed by atoms with van der Waals surface area (Å²) in [5.74, 6) is 0. The van der Waals surface area contributed by atoms with E-state index in [2.05, 4.69) is 48.0 Å². The third-order valence-electron chi connectivity index (χ3n) is 2.99. The first-order valence-electron chi connectivity index (χ1n) is 5.62. The molecule has 0 spiro atoms. The van der Waals surface area contributed by atoms with E-state index in [4.69, 9.17) is 5.73 Å². The summed E-state index contributed by atoms with van der Waals surface area (Å²) < 4.78 is 2.35. The van der Waals surface area contributed by atoms with E-state index in [1.807, 2.05) is 0 Å². The molecule has 1 aromatic carbocycles. The first-order chi connectivity index (χ1) is 7.36. The van der Waals surface area contributed by atoms with Crippen LogP contribution in [0.1, 0.15) is 25.8 Å². The van der Waals surface area contributed by atoms with Gasteiger partial charge in [-0.25, -0.2) is 0 Å². The number of hydrogen-bond acceptors (Lipinski definition) is 1. The lowest BCUT2D eigenvalue weighted by Gasteiger charge is -2.17. The maximum Gasteiger partial charge on any atom is 0.0482 e. The highest BCUT2D eigenvalue weighted by atomic mass is 15.0. The highest BCUT2D eigenvalue weighted by Crippen LogP contribution is 2.23. The van der Waals surface area contributed by atoms with Crippen LogP contribution in [0.25, 0.3) is 10.9 Å². The minimum atomic E-state index is 0.537. The van der Waals surface area contributed by atoms with Gasteiger partial charge in [-0.3, -0.25) is 0 Å². The molecule has 2 rings (SSSR count). The van der Waals surface area contributed by atoms with Crippen molar-refractivity contribution in [2.24, 2.45) is 5.73 Å². The number of nitrogens with two attached hydrogens (primary N) is 1. The van der Waals surface area contributed by atoms with Gasteiger partial charge >= 0.3 is 0 Å². The van der Waals surface area contributed by atoms with Gasteiger partial charge in [0.2, 0.25) is 0 Å². The summed E-state index contributed by atoms with van der Waals surface area (Å²) >= 11 is 0. The molecule has 15 heavy (non-hydrogen) atoms. The van der Waals surface area contributed by atoms with Crippen molar-refractivity contribution < 1.29 is 0 Å². The smallest absolute Gasteiger partial charge is 0.0482 e. The van der Waals surface area contributed by atoms with Crippen molar-refractivity contribution >= 4 is 10.9 Å². The highest BCUT2D eigenvalue weighted by molar-refractivity contribution is 5.80. The van der Waals surface area contributed by atoms with Crippen LogP contribution in [0.2, 0.25) is 0 Å². The molecule has 0 aliphatic carbocycles. The van der Waals surface area contributed by atoms with Gasteiger partial charge in [-0.1, -0.05) is 25.1 Å². The van der Waals surface area contributed by atoms with Crippen LogP contribution in [-0.4, -0.2) is 11.1 Å². The first-order valence-corrected chi connectivity index (χ1v) is 5.62. The third-order valence-corrected chi connectivity index (χ3v) is 2.99. The Morgan fingerprint density at radius 3 is 2.80 bits per heavy atom. The predicted molar refractivity (Wildman–Crippen MR) is 64.9 cm³/mol. The van der Waals surface area contributed by atoms with Gasteiger partial charge in [0.1, 0.15) is 0 Å². The van der Waals surface area contributed by atoms with Crippen molar-refractivity contribution in [2.75, 3.05) is 6.54 Å². The summed E-state index contributed by atoms with van der Waals surface area (Å²) in [4.78, 5) is 0. The fourth-order valence-corrected chi connectivity index (χ4v) is 2.16. The van der Waals surface area contributed by atoms with Crippen LogP contribution >= 0.6 is 0 Å². The van der Waals surface area contributed by atoms with Crippen LogP contribution in [0, 0.1) is 0 Å². The molecule has 0 aliphatic rings. The van der Waals surface area contributed by atoms with Gasteiger partial charge in [-0.2, -0.15) is 0 Å². The number of benzene rings is 1. The zero-order chi connectivity index (χ0) is 10.7. The summed E-state index contributed by atoms with van der Waals surface area (Å²) in [6.07, 6.45) is 4.36. The standard InChI is InChI=1S/C13H18N2/c1-2-12(7-9-14)15-10-8-11-5-3-4-6-13(11)15/h3-6,8,10,12H,2,7,9,14H2,1H3. The largest absolute Gasteiger partial charge is 0.344 e. The number of hydrogen-bond donors (Lipinski definition) is 1. The van der Waals surface area contributed by atoms with E-state index in [1.54, 1.807) is 0 Å². The SMILES string of the molecule is CCC(CCN)n1ccc2ccccc21. The fourth-order valence-electron chi connectivity index (χ4n) is 2.16. The van der Waals surface area contributed by atoms with Gasteiger partial charge in [0, 0.05) is 17.8 Å². The fraction of sp³-hybridized carbons (Fsp3) is 0.385. The molecule has 2 nitrogen and oxygen atoms in total. The Morgan fingerprint density at radius 2 is 2.07 bits per heavy atom. The van der Waals surface area contributed by atoms with Crippen molar-refractivity contribution in [3.8, 4) is 0 Å². The molecule has 0 bridgehead atoms. The van der Waals surface area contributed by atoms with Crippen LogP contribution in [-0.2, 0) is 0 Å². The zero-order valence-electron chi connectivity index (χ0n) is 9.19. The molecule has 2 heteroatoms. The Labute approximate surface area is 90.7 Å². The molecular formula is C13H18N2. The number of aromatic nitrogens is 1. The molecule has 1 unspecified atom stereocenters. The topological polar surface area (TPSA) is 30.9 Å². The lowest BCUT2D eigenvalue weighted by Crippen LogP contribution is -2.12. The molecule has 0 saturated carbocycles. The summed E-state index contributed by atoms with van der Waals surface area (Å²) in [5.41, 5.74) is 6.96. The van der Waals surface area contributed by atoms with Gasteiger partial charge in [0.15, 0.2) is 0 Å². The maximum absolute atomic E-state index is 5.64. The number of fused-ring (bicyclic) bond motifs is 1. The minimum Gasteiger partial charge on any atom is -0.344 e. The molecule has 0 fully saturated rings. The van der Waals surface area contributed by atoms with E-state index in [9.17, 15) is 0 Å². The van der Waals surface area contributed by atoms with Crippen molar-refractivity contribution in [3.63, 3.8) is 0 Å². The molecule has 1 atom stereocenters. The number of rotatable bonds is 4. The summed E-state index contributed by atoms with van der Waals surface area (Å²) in [5, 5.41) is 1.31. The first kappa shape index (κ1) is 10.2. The summed E-state index contributed by atoms with van der Waals surface area (Å²) in [6.45, 7) is 2.97. The Bertz CT molecular complexity index is 431. The average molecular weight is 202 g/mol. The number of nitrogens with zero attached hydrogens (tertiary/aromatic N) is 1. The highest BCUT2D eigenvalue weighted by Gasteiger charge is 2.09. The van der Waals surface area contributed by atoms with E-state index >= 15 is 0 Å². The molecule has 0 amide bonds. The van der Waals surface area contributed by atoms with E-state index in [0.717, 1.165) is 19.4 Å². The molecule has 80 valence electrons. The molecule has 0 aliphatic heterocycles. The molecule has 1 heterocycles. The Balaban J connectivity index is 2.41. The second-order valence-corrected chi connectivity index (χ2v) is 3.92. The Kier molecular flexibility index (Phi) is 3.07. The Hall–Kier alpha value is -1.28. The normalized spacial score (nSPS) is 13.2. The van der Waals surface area contributed by atoms with Gasteiger partial charge in [0.05, 0.1) is 0 Å². The molecule has 2 N–H and O–H groups in total. The Morgan fingerprint density at radius 1 is 1.27 bits per heavy atom. The van der Waals surface area contributed by atoms with E-state index in [1.165, 1.54) is 10.9 Å². The summed E-state index contributed by atoms with van der Waals surface area (Å²) in [6, 6.07) is 11.2. The van der Waals surface area contributed by atoms with Crippen LogP contribution in [0.15, 0.2) is 36.5 Å². The number of para-hydroxylation sites is 1. The predicted octanol–water partition coefficient (Wildman–Crippen LogP) is 2.94. The van der Waals surface area contributed by atoms with E-state index < -0.39 is 0 Å². The lowest BCUT2D eigenvalue weighted by molar-refractivity contribution is 0.472. The maximum atomic E-state index is 5.64. The third kappa shape index (κ3) is 1.90. The van der Waals surface area contributed by atoms with Crippen LogP contribution in [0.3, 0.4) is 0 Å². The second-order valence-electron chi connectivity index (χ2n) is 3.92. The molecule has 0 saturated heterocycles. The quantitative estimate of drug-likeness (QED) is 0.812. The van der Waals surface area contributed by atoms with Crippen LogP contribution < -0.4 is 5.73 Å². The van der Waals surface area contributed by atoms with E-state index in [0.29, 0.717) is 6.04 Å². The van der Waals surface area contributed by atoms with Crippen LogP contribution in [0.4, 0.5) is 0 Å². The minimum absolute atomic E-state index is 0.537. The van der Waals surface area contributed by atoms with Crippen molar-refractivity contribution in [1.29, 1.82) is 0 Å². The zero-order valence-corrected chi connectivity index (χ0v) is 9.19. The van der Waals surface area contributed by atoms with E-state index in [-0.39, 0.29) is 0 Å². The molecule has 0 radical (unpaired) electrons. The van der Waals surface area contributed by atoms with Crippen molar-refractivity contribution in [3.05, 3.63) is 36.5 Å². The summed E-state index contributed by atoms with van der Waals surface area (Å²) in [7, 11) is 0.